The number of fused-ring (bicyclic) bond motifs is 1. The average molecular weight is 458 g/mol. The third kappa shape index (κ3) is 4.10. The Bertz CT molecular complexity index is 1190. The van der Waals surface area contributed by atoms with E-state index in [1.54, 1.807) is 11.3 Å². The van der Waals surface area contributed by atoms with Gasteiger partial charge in [-0.1, -0.05) is 43.5 Å². The van der Waals surface area contributed by atoms with Crippen LogP contribution in [0.15, 0.2) is 32.8 Å². The maximum Gasteiger partial charge on any atom is 0.260 e. The van der Waals surface area contributed by atoms with Crippen LogP contribution >= 0.6 is 34.4 Å². The normalized spacial score (nSPS) is 15.9. The maximum atomic E-state index is 12.8. The Morgan fingerprint density at radius 3 is 2.93 bits per heavy atom. The number of nitrogens with zero attached hydrogens (tertiary/aromatic N) is 3. The van der Waals surface area contributed by atoms with Gasteiger partial charge < -0.3 is 4.98 Å². The van der Waals surface area contributed by atoms with Crippen LogP contribution in [0.4, 0.5) is 0 Å². The smallest absolute Gasteiger partial charge is 0.260 e. The third-order valence-electron chi connectivity index (χ3n) is 5.69. The molecule has 0 spiro atoms. The lowest BCUT2D eigenvalue weighted by Gasteiger charge is -2.08. The van der Waals surface area contributed by atoms with Gasteiger partial charge in [0.05, 0.1) is 10.6 Å². The van der Waals surface area contributed by atoms with Crippen LogP contribution < -0.4 is 5.56 Å². The minimum atomic E-state index is -0.0839. The van der Waals surface area contributed by atoms with Crippen LogP contribution in [0, 0.1) is 5.92 Å². The van der Waals surface area contributed by atoms with Crippen molar-refractivity contribution < 1.29 is 0 Å². The highest BCUT2D eigenvalue weighted by atomic mass is 32.2. The van der Waals surface area contributed by atoms with E-state index in [4.69, 9.17) is 4.98 Å². The Kier molecular flexibility index (Phi) is 5.75. The first-order valence-corrected chi connectivity index (χ1v) is 12.9. The van der Waals surface area contributed by atoms with E-state index in [0.29, 0.717) is 16.4 Å². The first-order valence-electron chi connectivity index (χ1n) is 10.3. The Balaban J connectivity index is 1.30. The molecule has 1 fully saturated rings. The molecule has 0 amide bonds. The summed E-state index contributed by atoms with van der Waals surface area (Å²) in [5.74, 6) is 2.46. The zero-order valence-electron chi connectivity index (χ0n) is 16.7. The molecule has 0 saturated heterocycles. The van der Waals surface area contributed by atoms with Crippen molar-refractivity contribution in [2.75, 3.05) is 0 Å². The van der Waals surface area contributed by atoms with Crippen LogP contribution in [0.5, 0.6) is 0 Å². The fourth-order valence-corrected chi connectivity index (χ4v) is 6.64. The summed E-state index contributed by atoms with van der Waals surface area (Å²) >= 11 is 4.67. The molecule has 4 aromatic rings. The van der Waals surface area contributed by atoms with Gasteiger partial charge in [-0.05, 0) is 30.7 Å². The van der Waals surface area contributed by atoms with Crippen molar-refractivity contribution in [1.29, 1.82) is 0 Å². The lowest BCUT2D eigenvalue weighted by atomic mass is 10.0. The largest absolute Gasteiger partial charge is 0.309 e. The van der Waals surface area contributed by atoms with Gasteiger partial charge in [-0.3, -0.25) is 9.89 Å². The number of aryl methyl sites for hydroxylation is 1. The summed E-state index contributed by atoms with van der Waals surface area (Å²) in [6, 6.07) is 4.03. The fourth-order valence-electron chi connectivity index (χ4n) is 4.07. The minimum absolute atomic E-state index is 0.0483. The van der Waals surface area contributed by atoms with E-state index in [1.165, 1.54) is 55.2 Å². The molecule has 156 valence electrons. The van der Waals surface area contributed by atoms with Crippen molar-refractivity contribution in [3.63, 3.8) is 0 Å². The fraction of sp³-hybridized carbons (Fsp3) is 0.429. The summed E-state index contributed by atoms with van der Waals surface area (Å²) in [5.41, 5.74) is 0.880. The molecule has 0 radical (unpaired) electrons. The van der Waals surface area contributed by atoms with Gasteiger partial charge in [0, 0.05) is 22.2 Å². The molecule has 1 saturated carbocycles. The van der Waals surface area contributed by atoms with Crippen molar-refractivity contribution >= 4 is 44.7 Å². The predicted octanol–water partition coefficient (Wildman–Crippen LogP) is 5.81. The number of H-pyrrole nitrogens is 2. The summed E-state index contributed by atoms with van der Waals surface area (Å²) in [6.45, 7) is 2.02. The lowest BCUT2D eigenvalue weighted by Crippen LogP contribution is -2.12. The number of rotatable bonds is 7. The predicted molar refractivity (Wildman–Crippen MR) is 124 cm³/mol. The second-order valence-electron chi connectivity index (χ2n) is 7.77. The molecule has 0 bridgehead atoms. The number of aromatic nitrogens is 5. The Labute approximate surface area is 186 Å². The Morgan fingerprint density at radius 2 is 2.13 bits per heavy atom. The summed E-state index contributed by atoms with van der Waals surface area (Å²) in [6.07, 6.45) is 7.58. The van der Waals surface area contributed by atoms with E-state index < -0.39 is 0 Å². The van der Waals surface area contributed by atoms with E-state index in [2.05, 4.69) is 20.2 Å². The van der Waals surface area contributed by atoms with Gasteiger partial charge in [-0.2, -0.15) is 0 Å². The van der Waals surface area contributed by atoms with Crippen LogP contribution in [-0.2, 0) is 6.42 Å². The van der Waals surface area contributed by atoms with Gasteiger partial charge in [0.1, 0.15) is 16.5 Å². The summed E-state index contributed by atoms with van der Waals surface area (Å²) < 4.78 is 0. The first-order chi connectivity index (χ1) is 14.7. The topological polar surface area (TPSA) is 87.3 Å². The van der Waals surface area contributed by atoms with Crippen LogP contribution in [0.1, 0.15) is 55.9 Å². The highest BCUT2D eigenvalue weighted by Gasteiger charge is 2.19. The van der Waals surface area contributed by atoms with Crippen molar-refractivity contribution in [2.24, 2.45) is 5.92 Å². The van der Waals surface area contributed by atoms with Gasteiger partial charge in [-0.25, -0.2) is 9.97 Å². The molecule has 4 heterocycles. The summed E-state index contributed by atoms with van der Waals surface area (Å²) in [7, 11) is 0. The SMILES string of the molecule is CC(Sc1n[nH]c(CCC2CCCC2)n1)c1nc2scc(-c3cccs3)c2c(=O)[nH]1. The minimum Gasteiger partial charge on any atom is -0.309 e. The molecular formula is C21H23N5OS3. The maximum absolute atomic E-state index is 12.8. The van der Waals surface area contributed by atoms with Crippen LogP contribution in [0.25, 0.3) is 20.7 Å². The summed E-state index contributed by atoms with van der Waals surface area (Å²) in [4.78, 5) is 27.0. The van der Waals surface area contributed by atoms with Gasteiger partial charge in [0.15, 0.2) is 0 Å². The number of aromatic amines is 2. The number of nitrogens with one attached hydrogen (secondary N) is 2. The highest BCUT2D eigenvalue weighted by molar-refractivity contribution is 7.99. The van der Waals surface area contributed by atoms with Gasteiger partial charge in [0.2, 0.25) is 5.16 Å². The lowest BCUT2D eigenvalue weighted by molar-refractivity contribution is 0.497. The highest BCUT2D eigenvalue weighted by Crippen LogP contribution is 2.36. The van der Waals surface area contributed by atoms with Crippen LogP contribution in [0.3, 0.4) is 0 Å². The van der Waals surface area contributed by atoms with E-state index in [-0.39, 0.29) is 10.8 Å². The average Bonchev–Trinajstić information content (AvgIpc) is 3.53. The molecule has 5 rings (SSSR count). The zero-order valence-corrected chi connectivity index (χ0v) is 19.1. The van der Waals surface area contributed by atoms with Crippen LogP contribution in [-0.4, -0.2) is 25.1 Å². The molecule has 1 aliphatic rings. The van der Waals surface area contributed by atoms with E-state index in [1.807, 2.05) is 29.8 Å². The first kappa shape index (κ1) is 20.0. The third-order valence-corrected chi connectivity index (χ3v) is 8.44. The molecule has 1 unspecified atom stereocenters. The van der Waals surface area contributed by atoms with E-state index in [9.17, 15) is 4.79 Å². The number of hydrogen-bond acceptors (Lipinski definition) is 7. The summed E-state index contributed by atoms with van der Waals surface area (Å²) in [5, 5.41) is 12.8. The number of hydrogen-bond donors (Lipinski definition) is 2. The van der Waals surface area contributed by atoms with Crippen molar-refractivity contribution in [3.05, 3.63) is 44.9 Å². The van der Waals surface area contributed by atoms with E-state index >= 15 is 0 Å². The Hall–Kier alpha value is -1.97. The molecule has 0 aromatic carbocycles. The zero-order chi connectivity index (χ0) is 20.5. The van der Waals surface area contributed by atoms with Crippen molar-refractivity contribution in [3.8, 4) is 10.4 Å². The molecule has 30 heavy (non-hydrogen) atoms. The molecule has 6 nitrogen and oxygen atoms in total. The quantitative estimate of drug-likeness (QED) is 0.342. The van der Waals surface area contributed by atoms with Crippen molar-refractivity contribution in [2.45, 2.75) is 55.9 Å². The molecule has 4 aromatic heterocycles. The van der Waals surface area contributed by atoms with Gasteiger partial charge in [-0.15, -0.1) is 27.8 Å². The van der Waals surface area contributed by atoms with Crippen molar-refractivity contribution in [1.82, 2.24) is 25.1 Å². The van der Waals surface area contributed by atoms with Gasteiger partial charge in [0.25, 0.3) is 5.56 Å². The van der Waals surface area contributed by atoms with E-state index in [0.717, 1.165) is 33.4 Å². The van der Waals surface area contributed by atoms with Crippen LogP contribution in [0.2, 0.25) is 0 Å². The molecular weight excluding hydrogens is 434 g/mol. The molecule has 1 atom stereocenters. The van der Waals surface area contributed by atoms with Gasteiger partial charge >= 0.3 is 0 Å². The Morgan fingerprint density at radius 1 is 1.27 bits per heavy atom. The molecule has 2 N–H and O–H groups in total. The molecule has 0 aliphatic heterocycles. The molecule has 1 aliphatic carbocycles. The monoisotopic (exact) mass is 457 g/mol. The standard InChI is InChI=1S/C21H23N5OS3/c1-12(30-21-22-16(25-26-21)9-8-13-5-2-3-6-13)18-23-19(27)17-14(11-29-20(17)24-18)15-7-4-10-28-15/h4,7,10-13H,2-3,5-6,8-9H2,1H3,(H,22,25,26)(H,23,24,27). The second-order valence-corrected chi connectivity index (χ2v) is 10.9. The molecule has 9 heteroatoms. The second kappa shape index (κ2) is 8.64. The number of thiophene rings is 2. The number of thioether (sulfide) groups is 1.